The summed E-state index contributed by atoms with van der Waals surface area (Å²) in [7, 11) is 1.64. The quantitative estimate of drug-likeness (QED) is 0.591. The molecule has 0 atom stereocenters. The van der Waals surface area contributed by atoms with Crippen LogP contribution >= 0.6 is 0 Å². The number of anilines is 1. The maximum absolute atomic E-state index is 12.7. The van der Waals surface area contributed by atoms with Crippen molar-refractivity contribution in [3.8, 4) is 5.75 Å². The second-order valence-electron chi connectivity index (χ2n) is 8.36. The number of carbonyl (C=O) groups excluding carboxylic acids is 3. The van der Waals surface area contributed by atoms with Crippen LogP contribution in [-0.2, 0) is 16.0 Å². The second kappa shape index (κ2) is 12.2. The number of Topliss-reactive ketones (excluding diaryl/α,β-unsaturated/α-hetero) is 1. The van der Waals surface area contributed by atoms with Crippen LogP contribution in [0, 0.1) is 0 Å². The molecule has 7 heteroatoms. The lowest BCUT2D eigenvalue weighted by atomic mass is 10.1. The van der Waals surface area contributed by atoms with E-state index in [0.29, 0.717) is 37.2 Å². The fourth-order valence-electron chi connectivity index (χ4n) is 3.92. The Balaban J connectivity index is 1.38. The number of ether oxygens (including phenoxy) is 1. The van der Waals surface area contributed by atoms with Crippen LogP contribution in [0.5, 0.6) is 5.75 Å². The topological polar surface area (TPSA) is 79.0 Å². The van der Waals surface area contributed by atoms with E-state index in [2.05, 4.69) is 10.2 Å². The van der Waals surface area contributed by atoms with Gasteiger partial charge in [0, 0.05) is 50.3 Å². The molecule has 0 aromatic heterocycles. The van der Waals surface area contributed by atoms with Crippen LogP contribution in [0.3, 0.4) is 0 Å². The minimum atomic E-state index is -0.0535. The largest absolute Gasteiger partial charge is 0.497 e. The van der Waals surface area contributed by atoms with Crippen molar-refractivity contribution in [1.29, 1.82) is 0 Å². The summed E-state index contributed by atoms with van der Waals surface area (Å²) >= 11 is 0. The lowest BCUT2D eigenvalue weighted by Crippen LogP contribution is -2.36. The Kier molecular flexibility index (Phi) is 9.01. The van der Waals surface area contributed by atoms with Crippen molar-refractivity contribution in [2.24, 2.45) is 0 Å². The molecule has 0 unspecified atom stereocenters. The molecular formula is C26H33N3O4. The molecule has 1 aliphatic rings. The van der Waals surface area contributed by atoms with Gasteiger partial charge in [0.1, 0.15) is 5.75 Å². The van der Waals surface area contributed by atoms with E-state index >= 15 is 0 Å². The summed E-state index contributed by atoms with van der Waals surface area (Å²) < 4.78 is 5.17. The Morgan fingerprint density at radius 3 is 2.30 bits per heavy atom. The highest BCUT2D eigenvalue weighted by atomic mass is 16.5. The smallest absolute Gasteiger partial charge is 0.225 e. The van der Waals surface area contributed by atoms with Crippen LogP contribution in [-0.4, -0.2) is 67.2 Å². The molecule has 1 heterocycles. The second-order valence-corrected chi connectivity index (χ2v) is 8.36. The zero-order valence-electron chi connectivity index (χ0n) is 19.5. The summed E-state index contributed by atoms with van der Waals surface area (Å²) in [6.07, 6.45) is 2.51. The van der Waals surface area contributed by atoms with Crippen LogP contribution < -0.4 is 10.1 Å². The van der Waals surface area contributed by atoms with E-state index in [4.69, 9.17) is 4.74 Å². The minimum Gasteiger partial charge on any atom is -0.497 e. The van der Waals surface area contributed by atoms with Gasteiger partial charge in [-0.3, -0.25) is 14.4 Å². The van der Waals surface area contributed by atoms with Crippen molar-refractivity contribution in [1.82, 2.24) is 9.80 Å². The summed E-state index contributed by atoms with van der Waals surface area (Å²) in [5, 5.41) is 2.88. The fraction of sp³-hybridized carbons (Fsp3) is 0.423. The number of nitrogens with zero attached hydrogens (tertiary/aromatic N) is 2. The summed E-state index contributed by atoms with van der Waals surface area (Å²) in [6, 6.07) is 14.8. The van der Waals surface area contributed by atoms with Crippen LogP contribution in [0.15, 0.2) is 48.5 Å². The molecule has 2 aromatic rings. The maximum Gasteiger partial charge on any atom is 0.225 e. The first-order valence-corrected chi connectivity index (χ1v) is 11.5. The molecule has 0 spiro atoms. The minimum absolute atomic E-state index is 0.00213. The number of carbonyl (C=O) groups is 3. The van der Waals surface area contributed by atoms with Gasteiger partial charge >= 0.3 is 0 Å². The van der Waals surface area contributed by atoms with Crippen LogP contribution in [0.25, 0.3) is 0 Å². The molecule has 33 heavy (non-hydrogen) atoms. The van der Waals surface area contributed by atoms with Gasteiger partial charge in [-0.2, -0.15) is 0 Å². The maximum atomic E-state index is 12.7. The van der Waals surface area contributed by atoms with E-state index in [1.807, 2.05) is 29.2 Å². The van der Waals surface area contributed by atoms with Gasteiger partial charge in [-0.25, -0.2) is 0 Å². The van der Waals surface area contributed by atoms with Crippen molar-refractivity contribution in [3.05, 3.63) is 59.7 Å². The number of hydrogen-bond donors (Lipinski definition) is 1. The van der Waals surface area contributed by atoms with Crippen LogP contribution in [0.2, 0.25) is 0 Å². The highest BCUT2D eigenvalue weighted by Gasteiger charge is 2.19. The molecule has 1 saturated heterocycles. The molecule has 2 aromatic carbocycles. The first-order valence-electron chi connectivity index (χ1n) is 11.5. The third-order valence-electron chi connectivity index (χ3n) is 5.96. The monoisotopic (exact) mass is 451 g/mol. The lowest BCUT2D eigenvalue weighted by Gasteiger charge is -2.22. The molecule has 1 N–H and O–H groups in total. The van der Waals surface area contributed by atoms with Crippen molar-refractivity contribution >= 4 is 23.3 Å². The predicted octanol–water partition coefficient (Wildman–Crippen LogP) is 3.39. The van der Waals surface area contributed by atoms with Gasteiger partial charge in [-0.1, -0.05) is 12.1 Å². The van der Waals surface area contributed by atoms with E-state index in [-0.39, 0.29) is 17.6 Å². The number of aryl methyl sites for hydroxylation is 1. The van der Waals surface area contributed by atoms with E-state index in [0.717, 1.165) is 43.8 Å². The van der Waals surface area contributed by atoms with Crippen molar-refractivity contribution in [2.45, 2.75) is 32.6 Å². The van der Waals surface area contributed by atoms with Gasteiger partial charge in [0.05, 0.1) is 7.11 Å². The molecule has 0 radical (unpaired) electrons. The Hall–Kier alpha value is -3.19. The van der Waals surface area contributed by atoms with E-state index in [1.165, 1.54) is 6.92 Å². The molecule has 7 nitrogen and oxygen atoms in total. The molecule has 0 saturated carbocycles. The Labute approximate surface area is 195 Å². The standard InChI is InChI=1S/C26H33N3O4/c1-20(30)22-7-9-23(10-8-22)27-25(31)14-17-28-15-3-16-29(19-18-28)26(32)13-6-21-4-11-24(33-2)12-5-21/h4-5,7-12H,3,6,13-19H2,1-2H3,(H,27,31). The molecule has 1 aliphatic heterocycles. The number of nitrogens with one attached hydrogen (secondary N) is 1. The fourth-order valence-corrected chi connectivity index (χ4v) is 3.92. The first-order chi connectivity index (χ1) is 15.9. The first kappa shape index (κ1) is 24.5. The highest BCUT2D eigenvalue weighted by molar-refractivity contribution is 5.95. The number of amides is 2. The highest BCUT2D eigenvalue weighted by Crippen LogP contribution is 2.14. The molecule has 1 fully saturated rings. The lowest BCUT2D eigenvalue weighted by molar-refractivity contribution is -0.131. The van der Waals surface area contributed by atoms with Crippen molar-refractivity contribution < 1.29 is 19.1 Å². The molecular weight excluding hydrogens is 418 g/mol. The van der Waals surface area contributed by atoms with Gasteiger partial charge < -0.3 is 19.9 Å². The normalized spacial score (nSPS) is 14.4. The Morgan fingerprint density at radius 1 is 0.909 bits per heavy atom. The van der Waals surface area contributed by atoms with Crippen molar-refractivity contribution in [2.75, 3.05) is 45.2 Å². The van der Waals surface area contributed by atoms with E-state index < -0.39 is 0 Å². The number of methoxy groups -OCH3 is 1. The van der Waals surface area contributed by atoms with E-state index in [9.17, 15) is 14.4 Å². The molecule has 2 amide bonds. The summed E-state index contributed by atoms with van der Waals surface area (Å²) in [6.45, 7) is 5.27. The summed E-state index contributed by atoms with van der Waals surface area (Å²) in [5.74, 6) is 0.946. The Morgan fingerprint density at radius 2 is 1.64 bits per heavy atom. The van der Waals surface area contributed by atoms with Gasteiger partial charge in [0.25, 0.3) is 0 Å². The van der Waals surface area contributed by atoms with Crippen LogP contribution in [0.4, 0.5) is 5.69 Å². The molecule has 0 aliphatic carbocycles. The predicted molar refractivity (Wildman–Crippen MR) is 129 cm³/mol. The number of hydrogen-bond acceptors (Lipinski definition) is 5. The number of ketones is 1. The van der Waals surface area contributed by atoms with Gasteiger partial charge in [0.15, 0.2) is 5.78 Å². The van der Waals surface area contributed by atoms with E-state index in [1.54, 1.807) is 31.4 Å². The van der Waals surface area contributed by atoms with Gasteiger partial charge in [-0.15, -0.1) is 0 Å². The summed E-state index contributed by atoms with van der Waals surface area (Å²) in [5.41, 5.74) is 2.44. The van der Waals surface area contributed by atoms with Crippen LogP contribution in [0.1, 0.15) is 42.1 Å². The molecule has 0 bridgehead atoms. The average Bonchev–Trinajstić information content (AvgIpc) is 3.08. The molecule has 3 rings (SSSR count). The third kappa shape index (κ3) is 7.71. The number of rotatable bonds is 9. The molecule has 176 valence electrons. The average molecular weight is 452 g/mol. The van der Waals surface area contributed by atoms with Gasteiger partial charge in [-0.05, 0) is 68.3 Å². The Bertz CT molecular complexity index is 941. The van der Waals surface area contributed by atoms with Gasteiger partial charge in [0.2, 0.25) is 11.8 Å². The summed E-state index contributed by atoms with van der Waals surface area (Å²) in [4.78, 5) is 40.5. The third-order valence-corrected chi connectivity index (χ3v) is 5.96. The van der Waals surface area contributed by atoms with Crippen molar-refractivity contribution in [3.63, 3.8) is 0 Å². The number of benzene rings is 2. The SMILES string of the molecule is COc1ccc(CCC(=O)N2CCCN(CCC(=O)Nc3ccc(C(C)=O)cc3)CC2)cc1. The zero-order chi connectivity index (χ0) is 23.6. The zero-order valence-corrected chi connectivity index (χ0v) is 19.5.